The SMILES string of the molecule is CS(=O)(=O)N[C@H]1CCC(=O)N2CCC[C@@H](C(=O)N[C@@H](CC(=O)O)C(=O)c3nc4cc(Cl)cc(Cl)c4o3)N2C1=O. The van der Waals surface area contributed by atoms with Gasteiger partial charge in [-0.1, -0.05) is 23.2 Å². The van der Waals surface area contributed by atoms with Crippen molar-refractivity contribution in [1.29, 1.82) is 0 Å². The van der Waals surface area contributed by atoms with Gasteiger partial charge in [0.1, 0.15) is 23.6 Å². The quantitative estimate of drug-likeness (QED) is 0.361. The molecular formula is C22H23Cl2N5O9S. The monoisotopic (exact) mass is 603 g/mol. The molecule has 2 saturated heterocycles. The first kappa shape index (κ1) is 28.7. The Morgan fingerprint density at radius 2 is 1.95 bits per heavy atom. The number of carboxylic acids is 1. The van der Waals surface area contributed by atoms with Gasteiger partial charge in [0.25, 0.3) is 11.8 Å². The largest absolute Gasteiger partial charge is 0.481 e. The number of sulfonamides is 1. The summed E-state index contributed by atoms with van der Waals surface area (Å²) >= 11 is 12.0. The van der Waals surface area contributed by atoms with Crippen LogP contribution in [0.4, 0.5) is 0 Å². The van der Waals surface area contributed by atoms with Crippen molar-refractivity contribution in [2.45, 2.75) is 50.2 Å². The summed E-state index contributed by atoms with van der Waals surface area (Å²) in [5.41, 5.74) is 0.170. The molecule has 0 saturated carbocycles. The Labute approximate surface area is 231 Å². The van der Waals surface area contributed by atoms with Crippen LogP contribution in [-0.4, -0.2) is 88.9 Å². The molecule has 2 aromatic rings. The van der Waals surface area contributed by atoms with Gasteiger partial charge >= 0.3 is 5.97 Å². The first-order valence-electron chi connectivity index (χ1n) is 11.7. The number of nitrogens with zero attached hydrogens (tertiary/aromatic N) is 3. The molecule has 0 unspecified atom stereocenters. The van der Waals surface area contributed by atoms with Crippen molar-refractivity contribution in [3.05, 3.63) is 28.1 Å². The molecule has 3 amide bonds. The molecule has 4 rings (SSSR count). The fourth-order valence-electron chi connectivity index (χ4n) is 4.51. The van der Waals surface area contributed by atoms with Crippen molar-refractivity contribution >= 4 is 73.8 Å². The van der Waals surface area contributed by atoms with Gasteiger partial charge in [-0.3, -0.25) is 29.0 Å². The highest BCUT2D eigenvalue weighted by Crippen LogP contribution is 2.29. The van der Waals surface area contributed by atoms with Crippen LogP contribution in [0.3, 0.4) is 0 Å². The molecule has 3 heterocycles. The van der Waals surface area contributed by atoms with E-state index < -0.39 is 69.9 Å². The fraction of sp³-hybridized carbons (Fsp3) is 0.455. The Morgan fingerprint density at radius 1 is 1.23 bits per heavy atom. The Kier molecular flexibility index (Phi) is 8.16. The molecule has 0 aliphatic carbocycles. The number of fused-ring (bicyclic) bond motifs is 2. The van der Waals surface area contributed by atoms with Gasteiger partial charge in [-0.15, -0.1) is 0 Å². The molecule has 1 aromatic heterocycles. The van der Waals surface area contributed by atoms with Crippen LogP contribution in [0.2, 0.25) is 10.0 Å². The topological polar surface area (TPSA) is 196 Å². The van der Waals surface area contributed by atoms with E-state index in [1.807, 2.05) is 0 Å². The number of nitrogens with one attached hydrogen (secondary N) is 2. The van der Waals surface area contributed by atoms with Crippen LogP contribution in [0, 0.1) is 0 Å². The zero-order chi connectivity index (χ0) is 28.6. The van der Waals surface area contributed by atoms with Gasteiger partial charge in [-0.05, 0) is 31.4 Å². The van der Waals surface area contributed by atoms with Crippen molar-refractivity contribution in [2.24, 2.45) is 0 Å². The molecule has 0 spiro atoms. The van der Waals surface area contributed by atoms with Crippen LogP contribution < -0.4 is 10.0 Å². The number of oxazole rings is 1. The van der Waals surface area contributed by atoms with Crippen LogP contribution in [0.5, 0.6) is 0 Å². The highest BCUT2D eigenvalue weighted by Gasteiger charge is 2.45. The summed E-state index contributed by atoms with van der Waals surface area (Å²) in [6.07, 6.45) is 0.141. The first-order valence-corrected chi connectivity index (χ1v) is 14.3. The van der Waals surface area contributed by atoms with Crippen molar-refractivity contribution in [3.8, 4) is 0 Å². The zero-order valence-electron chi connectivity index (χ0n) is 20.3. The predicted molar refractivity (Wildman–Crippen MR) is 135 cm³/mol. The third kappa shape index (κ3) is 6.32. The van der Waals surface area contributed by atoms with E-state index in [1.165, 1.54) is 12.1 Å². The van der Waals surface area contributed by atoms with Crippen molar-refractivity contribution in [2.75, 3.05) is 12.8 Å². The van der Waals surface area contributed by atoms with Crippen LogP contribution in [0.25, 0.3) is 11.1 Å². The van der Waals surface area contributed by atoms with Gasteiger partial charge < -0.3 is 14.8 Å². The number of benzene rings is 1. The minimum atomic E-state index is -3.83. The van der Waals surface area contributed by atoms with Gasteiger partial charge in [-0.25, -0.2) is 23.1 Å². The van der Waals surface area contributed by atoms with Crippen molar-refractivity contribution in [3.63, 3.8) is 0 Å². The maximum atomic E-state index is 13.4. The molecule has 14 nitrogen and oxygen atoms in total. The molecule has 0 radical (unpaired) electrons. The smallest absolute Gasteiger partial charge is 0.305 e. The first-order chi connectivity index (χ1) is 18.2. The maximum absolute atomic E-state index is 13.4. The second-order valence-electron chi connectivity index (χ2n) is 9.12. The van der Waals surface area contributed by atoms with Crippen LogP contribution >= 0.6 is 23.2 Å². The normalized spacial score (nSPS) is 20.9. The number of rotatable bonds is 8. The lowest BCUT2D eigenvalue weighted by Gasteiger charge is -2.43. The van der Waals surface area contributed by atoms with E-state index in [1.54, 1.807) is 0 Å². The van der Waals surface area contributed by atoms with E-state index in [0.717, 1.165) is 16.3 Å². The number of hydrogen-bond donors (Lipinski definition) is 3. The Balaban J connectivity index is 1.62. The van der Waals surface area contributed by atoms with Gasteiger partial charge in [0.2, 0.25) is 27.6 Å². The third-order valence-electron chi connectivity index (χ3n) is 6.15. The number of amides is 3. The minimum Gasteiger partial charge on any atom is -0.481 e. The van der Waals surface area contributed by atoms with E-state index in [2.05, 4.69) is 15.0 Å². The lowest BCUT2D eigenvalue weighted by molar-refractivity contribution is -0.176. The molecule has 39 heavy (non-hydrogen) atoms. The number of carboxylic acid groups (broad SMARTS) is 1. The average Bonchev–Trinajstić information content (AvgIpc) is 3.23. The summed E-state index contributed by atoms with van der Waals surface area (Å²) in [6, 6.07) is -1.53. The molecule has 3 N–H and O–H groups in total. The predicted octanol–water partition coefficient (Wildman–Crippen LogP) is 0.723. The Morgan fingerprint density at radius 3 is 2.62 bits per heavy atom. The molecule has 2 aliphatic heterocycles. The second kappa shape index (κ2) is 11.1. The number of Topliss-reactive ketones (excluding diaryl/α,β-unsaturated/α-hetero) is 1. The number of ketones is 1. The molecular weight excluding hydrogens is 581 g/mol. The molecule has 2 aliphatic rings. The number of halogens is 2. The summed E-state index contributed by atoms with van der Waals surface area (Å²) in [5.74, 6) is -5.15. The molecule has 3 atom stereocenters. The van der Waals surface area contributed by atoms with Gasteiger partial charge in [0.15, 0.2) is 5.58 Å². The average molecular weight is 604 g/mol. The van der Waals surface area contributed by atoms with Crippen molar-refractivity contribution in [1.82, 2.24) is 25.0 Å². The van der Waals surface area contributed by atoms with E-state index in [9.17, 15) is 37.5 Å². The number of carbonyl (C=O) groups excluding carboxylic acids is 4. The number of hydrogen-bond acceptors (Lipinski definition) is 9. The Bertz CT molecular complexity index is 1480. The number of carbonyl (C=O) groups is 5. The molecule has 1 aromatic carbocycles. The molecule has 0 bridgehead atoms. The lowest BCUT2D eigenvalue weighted by atomic mass is 10.0. The Hall–Kier alpha value is -3.27. The highest BCUT2D eigenvalue weighted by atomic mass is 35.5. The van der Waals surface area contributed by atoms with E-state index in [0.29, 0.717) is 6.42 Å². The zero-order valence-corrected chi connectivity index (χ0v) is 22.7. The fourth-order valence-corrected chi connectivity index (χ4v) is 5.76. The third-order valence-corrected chi connectivity index (χ3v) is 7.36. The summed E-state index contributed by atoms with van der Waals surface area (Å²) in [5, 5.41) is 14.0. The number of aromatic nitrogens is 1. The maximum Gasteiger partial charge on any atom is 0.305 e. The molecule has 2 fully saturated rings. The van der Waals surface area contributed by atoms with Crippen LogP contribution in [0.1, 0.15) is 42.8 Å². The van der Waals surface area contributed by atoms with E-state index >= 15 is 0 Å². The lowest BCUT2D eigenvalue weighted by Crippen LogP contribution is -2.64. The van der Waals surface area contributed by atoms with Gasteiger partial charge in [0.05, 0.1) is 17.7 Å². The van der Waals surface area contributed by atoms with E-state index in [4.69, 9.17) is 27.6 Å². The summed E-state index contributed by atoms with van der Waals surface area (Å²) < 4.78 is 31.2. The van der Waals surface area contributed by atoms with E-state index in [-0.39, 0.29) is 47.0 Å². The molecule has 210 valence electrons. The van der Waals surface area contributed by atoms with Gasteiger partial charge in [0, 0.05) is 18.0 Å². The van der Waals surface area contributed by atoms with Crippen LogP contribution in [0.15, 0.2) is 16.5 Å². The van der Waals surface area contributed by atoms with Gasteiger partial charge in [-0.2, -0.15) is 0 Å². The highest BCUT2D eigenvalue weighted by molar-refractivity contribution is 7.88. The number of aliphatic carboxylic acids is 1. The number of hydrazine groups is 1. The summed E-state index contributed by atoms with van der Waals surface area (Å²) in [7, 11) is -3.83. The van der Waals surface area contributed by atoms with Crippen LogP contribution in [-0.2, 0) is 29.2 Å². The minimum absolute atomic E-state index is 0.0332. The summed E-state index contributed by atoms with van der Waals surface area (Å²) in [6.45, 7) is 0.115. The molecule has 17 heteroatoms. The van der Waals surface area contributed by atoms with Crippen molar-refractivity contribution < 1.29 is 41.9 Å². The second-order valence-corrected chi connectivity index (χ2v) is 11.7. The summed E-state index contributed by atoms with van der Waals surface area (Å²) in [4.78, 5) is 68.2. The standard InChI is InChI=1S/C22H23Cl2N5O9S/c1-39(36,37)27-12-4-5-16(30)28-6-2-3-15(29(28)22(12)35)20(34)25-13(9-17(31)32)18(33)21-26-14-8-10(23)7-11(24)19(14)38-21/h7-8,12-13,15,27H,2-6,9H2,1H3,(H,25,34)(H,31,32)/t12-,13-,15-/m0/s1.